The van der Waals surface area contributed by atoms with Crippen molar-refractivity contribution in [3.05, 3.63) is 35.9 Å². The van der Waals surface area contributed by atoms with Gasteiger partial charge in [-0.15, -0.1) is 0 Å². The minimum absolute atomic E-state index is 0.659. The minimum Gasteiger partial charge on any atom is -0.376 e. The van der Waals surface area contributed by atoms with Gasteiger partial charge in [0.05, 0.1) is 6.61 Å². The number of hydrogen-bond donors (Lipinski definition) is 0. The van der Waals surface area contributed by atoms with Crippen LogP contribution in [0.5, 0.6) is 0 Å². The summed E-state index contributed by atoms with van der Waals surface area (Å²) < 4.78 is 5.66. The lowest BCUT2D eigenvalue weighted by Gasteiger charge is -2.11. The zero-order valence-electron chi connectivity index (χ0n) is 9.29. The first-order chi connectivity index (χ1) is 7.33. The van der Waals surface area contributed by atoms with Crippen molar-refractivity contribution in [2.24, 2.45) is 5.92 Å². The van der Waals surface area contributed by atoms with E-state index in [1.807, 2.05) is 18.2 Å². The molecule has 0 N–H and O–H groups in total. The molecule has 0 radical (unpaired) electrons. The third-order valence-corrected chi connectivity index (χ3v) is 2.91. The Bertz CT molecular complexity index is 248. The predicted molar refractivity (Wildman–Crippen MR) is 68.3 cm³/mol. The lowest BCUT2D eigenvalue weighted by atomic mass is 10.1. The van der Waals surface area contributed by atoms with E-state index in [9.17, 15) is 0 Å². The van der Waals surface area contributed by atoms with Gasteiger partial charge in [0.25, 0.3) is 0 Å². The molecule has 0 bridgehead atoms. The number of halogens is 1. The fraction of sp³-hybridized carbons (Fsp3) is 0.538. The summed E-state index contributed by atoms with van der Waals surface area (Å²) in [6, 6.07) is 10.3. The second kappa shape index (κ2) is 7.89. The van der Waals surface area contributed by atoms with Gasteiger partial charge >= 0.3 is 0 Å². The molecule has 0 fully saturated rings. The molecule has 0 spiro atoms. The molecule has 1 aromatic carbocycles. The van der Waals surface area contributed by atoms with Crippen LogP contribution in [0.15, 0.2) is 30.3 Å². The van der Waals surface area contributed by atoms with Gasteiger partial charge in [0, 0.05) is 11.9 Å². The smallest absolute Gasteiger partial charge is 0.0717 e. The van der Waals surface area contributed by atoms with Gasteiger partial charge < -0.3 is 4.74 Å². The van der Waals surface area contributed by atoms with Crippen LogP contribution in [0.2, 0.25) is 0 Å². The molecule has 15 heavy (non-hydrogen) atoms. The number of hydrogen-bond acceptors (Lipinski definition) is 1. The molecule has 0 saturated heterocycles. The average molecular weight is 271 g/mol. The van der Waals surface area contributed by atoms with Crippen molar-refractivity contribution in [3.63, 3.8) is 0 Å². The number of ether oxygens (including phenoxy) is 1. The van der Waals surface area contributed by atoms with E-state index >= 15 is 0 Å². The lowest BCUT2D eigenvalue weighted by molar-refractivity contribution is 0.0894. The van der Waals surface area contributed by atoms with Crippen molar-refractivity contribution in [1.29, 1.82) is 0 Å². The summed E-state index contributed by atoms with van der Waals surface area (Å²) in [7, 11) is 0. The monoisotopic (exact) mass is 270 g/mol. The molecule has 1 nitrogen and oxygen atoms in total. The summed E-state index contributed by atoms with van der Waals surface area (Å²) in [5.41, 5.74) is 1.25. The van der Waals surface area contributed by atoms with Crippen LogP contribution in [0.4, 0.5) is 0 Å². The van der Waals surface area contributed by atoms with E-state index < -0.39 is 0 Å². The molecule has 0 aliphatic rings. The standard InChI is InChI=1S/C13H19BrO/c1-12(6-5-9-14)10-15-11-13-7-3-2-4-8-13/h2-4,7-8,12H,5-6,9-11H2,1H3/t12-/m0/s1. The normalized spacial score (nSPS) is 12.7. The number of alkyl halides is 1. The van der Waals surface area contributed by atoms with Gasteiger partial charge in [-0.1, -0.05) is 53.2 Å². The van der Waals surface area contributed by atoms with Crippen molar-refractivity contribution in [3.8, 4) is 0 Å². The largest absolute Gasteiger partial charge is 0.376 e. The number of benzene rings is 1. The van der Waals surface area contributed by atoms with Crippen LogP contribution in [-0.2, 0) is 11.3 Å². The molecule has 0 aliphatic heterocycles. The van der Waals surface area contributed by atoms with E-state index in [-0.39, 0.29) is 0 Å². The van der Waals surface area contributed by atoms with Gasteiger partial charge in [-0.2, -0.15) is 0 Å². The summed E-state index contributed by atoms with van der Waals surface area (Å²) >= 11 is 3.44. The van der Waals surface area contributed by atoms with E-state index in [4.69, 9.17) is 4.74 Å². The summed E-state index contributed by atoms with van der Waals surface area (Å²) in [5.74, 6) is 0.659. The molecular formula is C13H19BrO. The van der Waals surface area contributed by atoms with Crippen LogP contribution in [0, 0.1) is 5.92 Å². The van der Waals surface area contributed by atoms with Gasteiger partial charge in [-0.25, -0.2) is 0 Å². The maximum absolute atomic E-state index is 5.66. The Morgan fingerprint density at radius 3 is 2.67 bits per heavy atom. The Balaban J connectivity index is 2.11. The first-order valence-electron chi connectivity index (χ1n) is 5.50. The van der Waals surface area contributed by atoms with Crippen LogP contribution < -0.4 is 0 Å². The molecule has 84 valence electrons. The first kappa shape index (κ1) is 12.7. The molecule has 0 aromatic heterocycles. The molecule has 2 heteroatoms. The van der Waals surface area contributed by atoms with Gasteiger partial charge in [-0.05, 0) is 24.3 Å². The second-order valence-corrected chi connectivity index (χ2v) is 4.73. The van der Waals surface area contributed by atoms with Gasteiger partial charge in [0.15, 0.2) is 0 Å². The van der Waals surface area contributed by atoms with Gasteiger partial charge in [0.1, 0.15) is 0 Å². The molecule has 1 aromatic rings. The van der Waals surface area contributed by atoms with Crippen molar-refractivity contribution in [2.45, 2.75) is 26.4 Å². The summed E-state index contributed by atoms with van der Waals surface area (Å²) in [6.07, 6.45) is 2.47. The topological polar surface area (TPSA) is 9.23 Å². The van der Waals surface area contributed by atoms with E-state index in [0.29, 0.717) is 5.92 Å². The lowest BCUT2D eigenvalue weighted by Crippen LogP contribution is -2.06. The van der Waals surface area contributed by atoms with E-state index in [0.717, 1.165) is 18.5 Å². The molecule has 0 amide bonds. The fourth-order valence-electron chi connectivity index (χ4n) is 1.46. The molecule has 1 atom stereocenters. The molecule has 1 rings (SSSR count). The van der Waals surface area contributed by atoms with Crippen LogP contribution in [0.25, 0.3) is 0 Å². The number of rotatable bonds is 7. The van der Waals surface area contributed by atoms with Crippen molar-refractivity contribution < 1.29 is 4.74 Å². The quantitative estimate of drug-likeness (QED) is 0.681. The van der Waals surface area contributed by atoms with Gasteiger partial charge in [0.2, 0.25) is 0 Å². The summed E-state index contributed by atoms with van der Waals surface area (Å²) in [4.78, 5) is 0. The van der Waals surface area contributed by atoms with Crippen LogP contribution in [0.3, 0.4) is 0 Å². The third kappa shape index (κ3) is 5.95. The van der Waals surface area contributed by atoms with Crippen molar-refractivity contribution in [1.82, 2.24) is 0 Å². The molecular weight excluding hydrogens is 252 g/mol. The van der Waals surface area contributed by atoms with Crippen LogP contribution >= 0.6 is 15.9 Å². The highest BCUT2D eigenvalue weighted by atomic mass is 79.9. The Kier molecular flexibility index (Phi) is 6.69. The highest BCUT2D eigenvalue weighted by Gasteiger charge is 2.01. The zero-order chi connectivity index (χ0) is 10.9. The molecule has 0 aliphatic carbocycles. The van der Waals surface area contributed by atoms with Crippen molar-refractivity contribution in [2.75, 3.05) is 11.9 Å². The molecule has 0 heterocycles. The Labute approximate surface area is 101 Å². The summed E-state index contributed by atoms with van der Waals surface area (Å²) in [6.45, 7) is 3.84. The molecule has 0 unspecified atom stereocenters. The first-order valence-corrected chi connectivity index (χ1v) is 6.62. The third-order valence-electron chi connectivity index (χ3n) is 2.34. The Morgan fingerprint density at radius 1 is 1.27 bits per heavy atom. The van der Waals surface area contributed by atoms with Crippen molar-refractivity contribution >= 4 is 15.9 Å². The highest BCUT2D eigenvalue weighted by Crippen LogP contribution is 2.09. The van der Waals surface area contributed by atoms with E-state index in [1.54, 1.807) is 0 Å². The Morgan fingerprint density at radius 2 is 2.00 bits per heavy atom. The van der Waals surface area contributed by atoms with Crippen LogP contribution in [0.1, 0.15) is 25.3 Å². The fourth-order valence-corrected chi connectivity index (χ4v) is 1.78. The highest BCUT2D eigenvalue weighted by molar-refractivity contribution is 9.09. The maximum Gasteiger partial charge on any atom is 0.0717 e. The van der Waals surface area contributed by atoms with Crippen LogP contribution in [-0.4, -0.2) is 11.9 Å². The van der Waals surface area contributed by atoms with Gasteiger partial charge in [-0.3, -0.25) is 0 Å². The minimum atomic E-state index is 0.659. The Hall–Kier alpha value is -0.340. The second-order valence-electron chi connectivity index (χ2n) is 3.94. The summed E-state index contributed by atoms with van der Waals surface area (Å²) in [5, 5.41) is 1.09. The average Bonchev–Trinajstić information content (AvgIpc) is 2.28. The van der Waals surface area contributed by atoms with E-state index in [2.05, 4.69) is 35.0 Å². The van der Waals surface area contributed by atoms with E-state index in [1.165, 1.54) is 18.4 Å². The molecule has 0 saturated carbocycles. The predicted octanol–water partition coefficient (Wildman–Crippen LogP) is 4.01. The SMILES string of the molecule is C[C@@H](CCCBr)COCc1ccccc1. The maximum atomic E-state index is 5.66. The zero-order valence-corrected chi connectivity index (χ0v) is 10.9.